The molecule has 0 bridgehead atoms. The normalized spacial score (nSPS) is 12.2. The molecule has 0 aliphatic carbocycles. The summed E-state index contributed by atoms with van der Waals surface area (Å²) < 4.78 is 0. The average molecular weight is 277 g/mol. The lowest BCUT2D eigenvalue weighted by molar-refractivity contribution is 0.0934. The van der Waals surface area contributed by atoms with E-state index < -0.39 is 0 Å². The quantitative estimate of drug-likeness (QED) is 0.737. The molecule has 94 valence electrons. The van der Waals surface area contributed by atoms with Crippen LogP contribution in [0.4, 0.5) is 5.69 Å². The van der Waals surface area contributed by atoms with Gasteiger partial charge in [0.15, 0.2) is 0 Å². The molecule has 0 aliphatic heterocycles. The number of hydrogen-bond donors (Lipinski definition) is 3. The van der Waals surface area contributed by atoms with Gasteiger partial charge in [0.25, 0.3) is 5.91 Å². The minimum atomic E-state index is -0.297. The van der Waals surface area contributed by atoms with Crippen LogP contribution in [0.2, 0.25) is 10.0 Å². The van der Waals surface area contributed by atoms with Crippen LogP contribution < -0.4 is 11.1 Å². The van der Waals surface area contributed by atoms with Gasteiger partial charge in [-0.05, 0) is 25.5 Å². The molecule has 1 unspecified atom stereocenters. The van der Waals surface area contributed by atoms with Crippen molar-refractivity contribution in [2.24, 2.45) is 0 Å². The Labute approximate surface area is 110 Å². The fraction of sp³-hybridized carbons (Fsp3) is 0.364. The third kappa shape index (κ3) is 3.77. The highest BCUT2D eigenvalue weighted by Gasteiger charge is 2.13. The highest BCUT2D eigenvalue weighted by molar-refractivity contribution is 6.39. The molecule has 0 radical (unpaired) electrons. The molecule has 1 aromatic rings. The molecule has 1 atom stereocenters. The Hall–Kier alpha value is -0.970. The van der Waals surface area contributed by atoms with Crippen LogP contribution in [0.15, 0.2) is 12.1 Å². The minimum absolute atomic E-state index is 0.0185. The van der Waals surface area contributed by atoms with E-state index in [-0.39, 0.29) is 34.3 Å². The monoisotopic (exact) mass is 276 g/mol. The summed E-state index contributed by atoms with van der Waals surface area (Å²) in [5, 5.41) is 11.9. The molecule has 0 saturated heterocycles. The number of nitrogens with one attached hydrogen (secondary N) is 1. The maximum atomic E-state index is 11.8. The van der Waals surface area contributed by atoms with E-state index in [2.05, 4.69) is 5.32 Å². The van der Waals surface area contributed by atoms with Crippen molar-refractivity contribution >= 4 is 34.8 Å². The van der Waals surface area contributed by atoms with Crippen LogP contribution in [0, 0.1) is 0 Å². The molecule has 1 amide bonds. The molecule has 0 saturated carbocycles. The molecule has 4 N–H and O–H groups in total. The van der Waals surface area contributed by atoms with Crippen LogP contribution in [0.3, 0.4) is 0 Å². The van der Waals surface area contributed by atoms with E-state index in [0.717, 1.165) is 0 Å². The molecule has 0 spiro atoms. The molecule has 1 aromatic carbocycles. The van der Waals surface area contributed by atoms with Gasteiger partial charge < -0.3 is 16.2 Å². The number of benzene rings is 1. The number of rotatable bonds is 4. The number of halogens is 2. The highest BCUT2D eigenvalue weighted by Crippen LogP contribution is 2.28. The number of nitrogens with two attached hydrogens (primary N) is 1. The largest absolute Gasteiger partial charge is 0.396 e. The lowest BCUT2D eigenvalue weighted by atomic mass is 10.1. The molecule has 17 heavy (non-hydrogen) atoms. The van der Waals surface area contributed by atoms with Crippen molar-refractivity contribution in [1.29, 1.82) is 0 Å². The minimum Gasteiger partial charge on any atom is -0.396 e. The first-order valence-electron chi connectivity index (χ1n) is 5.12. The fourth-order valence-electron chi connectivity index (χ4n) is 1.29. The van der Waals surface area contributed by atoms with E-state index in [1.54, 1.807) is 6.92 Å². The first-order valence-corrected chi connectivity index (χ1v) is 5.87. The van der Waals surface area contributed by atoms with Crippen LogP contribution in [0.5, 0.6) is 0 Å². The Bertz CT molecular complexity index is 401. The number of carbonyl (C=O) groups is 1. The molecule has 4 nitrogen and oxygen atoms in total. The van der Waals surface area contributed by atoms with Crippen LogP contribution in [-0.2, 0) is 0 Å². The number of carbonyl (C=O) groups excluding carboxylic acids is 1. The Morgan fingerprint density at radius 2 is 2.00 bits per heavy atom. The van der Waals surface area contributed by atoms with Gasteiger partial charge in [0.2, 0.25) is 0 Å². The standard InChI is InChI=1S/C11H14Cl2N2O2/c1-6(2-3-16)15-11(17)7-4-8(12)10(14)9(13)5-7/h4-6,16H,2-3,14H2,1H3,(H,15,17). The van der Waals surface area contributed by atoms with Crippen molar-refractivity contribution < 1.29 is 9.90 Å². The summed E-state index contributed by atoms with van der Waals surface area (Å²) in [5.74, 6) is -0.297. The summed E-state index contributed by atoms with van der Waals surface area (Å²) >= 11 is 11.7. The van der Waals surface area contributed by atoms with Gasteiger partial charge in [-0.2, -0.15) is 0 Å². The molecule has 6 heteroatoms. The lowest BCUT2D eigenvalue weighted by Crippen LogP contribution is -2.33. The second kappa shape index (κ2) is 6.10. The third-order valence-corrected chi connectivity index (χ3v) is 2.91. The van der Waals surface area contributed by atoms with Gasteiger partial charge in [-0.3, -0.25) is 4.79 Å². The van der Waals surface area contributed by atoms with Crippen LogP contribution in [0.25, 0.3) is 0 Å². The predicted molar refractivity (Wildman–Crippen MR) is 69.5 cm³/mol. The fourth-order valence-corrected chi connectivity index (χ4v) is 1.78. The van der Waals surface area contributed by atoms with Gasteiger partial charge in [-0.15, -0.1) is 0 Å². The molecule has 0 aliphatic rings. The number of hydrogen-bond acceptors (Lipinski definition) is 3. The molecule has 0 heterocycles. The second-order valence-electron chi connectivity index (χ2n) is 3.74. The smallest absolute Gasteiger partial charge is 0.251 e. The Morgan fingerprint density at radius 3 is 2.47 bits per heavy atom. The van der Waals surface area contributed by atoms with Crippen molar-refractivity contribution in [1.82, 2.24) is 5.32 Å². The summed E-state index contributed by atoms with van der Waals surface area (Å²) in [6, 6.07) is 2.80. The van der Waals surface area contributed by atoms with E-state index in [1.807, 2.05) is 0 Å². The summed E-state index contributed by atoms with van der Waals surface area (Å²) in [6.07, 6.45) is 0.488. The van der Waals surface area contributed by atoms with Gasteiger partial charge in [-0.25, -0.2) is 0 Å². The maximum absolute atomic E-state index is 11.8. The molecule has 0 aromatic heterocycles. The summed E-state index contributed by atoms with van der Waals surface area (Å²) in [4.78, 5) is 11.8. The summed E-state index contributed by atoms with van der Waals surface area (Å²) in [7, 11) is 0. The zero-order valence-electron chi connectivity index (χ0n) is 9.34. The number of aliphatic hydroxyl groups excluding tert-OH is 1. The molecule has 0 fully saturated rings. The van der Waals surface area contributed by atoms with Gasteiger partial charge >= 0.3 is 0 Å². The number of aliphatic hydroxyl groups is 1. The average Bonchev–Trinajstić information content (AvgIpc) is 2.25. The first kappa shape index (κ1) is 14.1. The number of amides is 1. The lowest BCUT2D eigenvalue weighted by Gasteiger charge is -2.13. The van der Waals surface area contributed by atoms with E-state index in [4.69, 9.17) is 34.0 Å². The van der Waals surface area contributed by atoms with E-state index in [1.165, 1.54) is 12.1 Å². The Kier molecular flexibility index (Phi) is 5.05. The maximum Gasteiger partial charge on any atom is 0.251 e. The van der Waals surface area contributed by atoms with Gasteiger partial charge in [0.05, 0.1) is 15.7 Å². The van der Waals surface area contributed by atoms with Crippen molar-refractivity contribution in [2.75, 3.05) is 12.3 Å². The van der Waals surface area contributed by atoms with Gasteiger partial charge in [0, 0.05) is 18.2 Å². The third-order valence-electron chi connectivity index (χ3n) is 2.28. The van der Waals surface area contributed by atoms with Crippen molar-refractivity contribution in [3.8, 4) is 0 Å². The second-order valence-corrected chi connectivity index (χ2v) is 4.55. The molecule has 1 rings (SSSR count). The molecular weight excluding hydrogens is 263 g/mol. The predicted octanol–water partition coefficient (Wildman–Crippen LogP) is 2.08. The van der Waals surface area contributed by atoms with E-state index >= 15 is 0 Å². The van der Waals surface area contributed by atoms with Crippen LogP contribution in [0.1, 0.15) is 23.7 Å². The van der Waals surface area contributed by atoms with Gasteiger partial charge in [0.1, 0.15) is 0 Å². The summed E-state index contributed by atoms with van der Waals surface area (Å²) in [5.41, 5.74) is 6.18. The first-order chi connectivity index (χ1) is 7.95. The molecular formula is C11H14Cl2N2O2. The van der Waals surface area contributed by atoms with Crippen molar-refractivity contribution in [3.05, 3.63) is 27.7 Å². The highest BCUT2D eigenvalue weighted by atomic mass is 35.5. The van der Waals surface area contributed by atoms with Crippen LogP contribution in [-0.4, -0.2) is 23.7 Å². The Morgan fingerprint density at radius 1 is 1.47 bits per heavy atom. The number of nitrogen functional groups attached to an aromatic ring is 1. The number of anilines is 1. The van der Waals surface area contributed by atoms with Crippen molar-refractivity contribution in [2.45, 2.75) is 19.4 Å². The SMILES string of the molecule is CC(CCO)NC(=O)c1cc(Cl)c(N)c(Cl)c1. The van der Waals surface area contributed by atoms with Gasteiger partial charge in [-0.1, -0.05) is 23.2 Å². The Balaban J connectivity index is 2.83. The summed E-state index contributed by atoms with van der Waals surface area (Å²) in [6.45, 7) is 1.82. The van der Waals surface area contributed by atoms with Crippen molar-refractivity contribution in [3.63, 3.8) is 0 Å². The zero-order valence-corrected chi connectivity index (χ0v) is 10.8. The topological polar surface area (TPSA) is 75.3 Å². The van der Waals surface area contributed by atoms with Crippen LogP contribution >= 0.6 is 23.2 Å². The van der Waals surface area contributed by atoms with E-state index in [9.17, 15) is 4.79 Å². The van der Waals surface area contributed by atoms with E-state index in [0.29, 0.717) is 12.0 Å². The zero-order chi connectivity index (χ0) is 13.0.